The number of ether oxygens (including phenoxy) is 1. The molecule has 156 valence electrons. The van der Waals surface area contributed by atoms with Crippen LogP contribution in [0.5, 0.6) is 11.6 Å². The van der Waals surface area contributed by atoms with Gasteiger partial charge < -0.3 is 10.1 Å². The predicted molar refractivity (Wildman–Crippen MR) is 101 cm³/mol. The third kappa shape index (κ3) is 4.57. The number of rotatable bonds is 5. The summed E-state index contributed by atoms with van der Waals surface area (Å²) in [6.45, 7) is 1.59. The van der Waals surface area contributed by atoms with Gasteiger partial charge in [-0.1, -0.05) is 6.07 Å². The number of alkyl halides is 3. The molecular weight excluding hydrogens is 405 g/mol. The van der Waals surface area contributed by atoms with Gasteiger partial charge in [-0.15, -0.1) is 5.10 Å². The number of carbonyl (C=O) groups is 1. The number of hydrogen-bond acceptors (Lipinski definition) is 5. The minimum atomic E-state index is -4.54. The molecule has 0 aliphatic carbocycles. The van der Waals surface area contributed by atoms with Crippen molar-refractivity contribution in [2.45, 2.75) is 13.1 Å². The maximum atomic E-state index is 12.9. The van der Waals surface area contributed by atoms with Crippen molar-refractivity contribution >= 4 is 17.3 Å². The first-order valence-electron chi connectivity index (χ1n) is 8.50. The Bertz CT molecular complexity index is 1130. The monoisotopic (exact) mass is 420 g/mol. The third-order valence-corrected chi connectivity index (χ3v) is 4.08. The van der Waals surface area contributed by atoms with Crippen molar-refractivity contribution < 1.29 is 27.6 Å². The number of amides is 1. The molecule has 3 aromatic rings. The third-order valence-electron chi connectivity index (χ3n) is 4.08. The summed E-state index contributed by atoms with van der Waals surface area (Å²) in [5, 5.41) is 17.4. The molecule has 0 aliphatic heterocycles. The summed E-state index contributed by atoms with van der Waals surface area (Å²) in [5.74, 6) is -0.958. The van der Waals surface area contributed by atoms with Crippen LogP contribution >= 0.6 is 0 Å². The summed E-state index contributed by atoms with van der Waals surface area (Å²) < 4.78 is 45.4. The van der Waals surface area contributed by atoms with Crippen LogP contribution in [0.25, 0.3) is 0 Å². The summed E-state index contributed by atoms with van der Waals surface area (Å²) in [6, 6.07) is 8.13. The Hall–Kier alpha value is -3.89. The smallest absolute Gasteiger partial charge is 0.416 e. The molecule has 0 fully saturated rings. The average Bonchev–Trinajstić information content (AvgIpc) is 3.03. The van der Waals surface area contributed by atoms with Gasteiger partial charge in [-0.3, -0.25) is 19.6 Å². The fourth-order valence-electron chi connectivity index (χ4n) is 2.64. The summed E-state index contributed by atoms with van der Waals surface area (Å²) in [7, 11) is 1.52. The van der Waals surface area contributed by atoms with E-state index in [1.54, 1.807) is 6.92 Å². The normalized spacial score (nSPS) is 11.2. The summed E-state index contributed by atoms with van der Waals surface area (Å²) in [4.78, 5) is 23.0. The van der Waals surface area contributed by atoms with Crippen molar-refractivity contribution in [3.05, 3.63) is 75.5 Å². The van der Waals surface area contributed by atoms with Gasteiger partial charge in [0.1, 0.15) is 11.3 Å². The summed E-state index contributed by atoms with van der Waals surface area (Å²) >= 11 is 0. The summed E-state index contributed by atoms with van der Waals surface area (Å²) in [5.41, 5.74) is -0.252. The van der Waals surface area contributed by atoms with Gasteiger partial charge in [0.2, 0.25) is 0 Å². The first-order valence-corrected chi connectivity index (χ1v) is 8.50. The van der Waals surface area contributed by atoms with Crippen molar-refractivity contribution in [2.24, 2.45) is 7.05 Å². The predicted octanol–water partition coefficient (Wildman–Crippen LogP) is 4.70. The lowest BCUT2D eigenvalue weighted by Gasteiger charge is -2.10. The van der Waals surface area contributed by atoms with Gasteiger partial charge in [-0.2, -0.15) is 13.2 Å². The number of non-ortho nitro benzene ring substituents is 1. The highest BCUT2D eigenvalue weighted by Crippen LogP contribution is 2.33. The highest BCUT2D eigenvalue weighted by atomic mass is 19.4. The lowest BCUT2D eigenvalue weighted by atomic mass is 10.1. The number of halogens is 3. The van der Waals surface area contributed by atoms with Crippen LogP contribution in [0.4, 0.5) is 24.5 Å². The number of hydrogen-bond donors (Lipinski definition) is 1. The molecule has 30 heavy (non-hydrogen) atoms. The fourth-order valence-corrected chi connectivity index (χ4v) is 2.64. The number of aromatic nitrogens is 2. The molecule has 0 radical (unpaired) electrons. The molecule has 0 spiro atoms. The quantitative estimate of drug-likeness (QED) is 0.476. The van der Waals surface area contributed by atoms with E-state index in [4.69, 9.17) is 4.74 Å². The minimum absolute atomic E-state index is 0.0207. The standard InChI is InChI=1S/C19H15F3N4O4/c1-11-8-13(26(28)29)6-7-16(11)23-17(27)15-10-25(2)24-18(15)30-14-5-3-4-12(9-14)19(20,21)22/h3-10H,1-2H3,(H,23,27). The molecule has 0 unspecified atom stereocenters. The van der Waals surface area contributed by atoms with Crippen LogP contribution in [-0.4, -0.2) is 20.6 Å². The topological polar surface area (TPSA) is 99.3 Å². The van der Waals surface area contributed by atoms with Gasteiger partial charge in [0.05, 0.1) is 10.5 Å². The van der Waals surface area contributed by atoms with Gasteiger partial charge in [0.25, 0.3) is 17.5 Å². The second kappa shape index (κ2) is 7.85. The van der Waals surface area contributed by atoms with Crippen LogP contribution in [0.3, 0.4) is 0 Å². The van der Waals surface area contributed by atoms with Crippen LogP contribution in [0.15, 0.2) is 48.7 Å². The van der Waals surface area contributed by atoms with E-state index in [0.29, 0.717) is 11.3 Å². The van der Waals surface area contributed by atoms with Crippen molar-refractivity contribution in [3.8, 4) is 11.6 Å². The Labute approximate surface area is 168 Å². The van der Waals surface area contributed by atoms with E-state index in [-0.39, 0.29) is 22.9 Å². The zero-order valence-electron chi connectivity index (χ0n) is 15.7. The van der Waals surface area contributed by atoms with Crippen molar-refractivity contribution in [3.63, 3.8) is 0 Å². The number of nitrogens with one attached hydrogen (secondary N) is 1. The lowest BCUT2D eigenvalue weighted by Crippen LogP contribution is -2.13. The number of nitrogens with zero attached hydrogens (tertiary/aromatic N) is 3. The summed E-state index contributed by atoms with van der Waals surface area (Å²) in [6.07, 6.45) is -3.20. The lowest BCUT2D eigenvalue weighted by molar-refractivity contribution is -0.384. The Balaban J connectivity index is 1.85. The second-order valence-electron chi connectivity index (χ2n) is 6.36. The zero-order chi connectivity index (χ0) is 22.1. The van der Waals surface area contributed by atoms with E-state index in [1.807, 2.05) is 0 Å². The van der Waals surface area contributed by atoms with Gasteiger partial charge >= 0.3 is 6.18 Å². The molecule has 0 bridgehead atoms. The van der Waals surface area contributed by atoms with Gasteiger partial charge in [-0.05, 0) is 36.8 Å². The first kappa shape index (κ1) is 20.8. The maximum Gasteiger partial charge on any atom is 0.416 e. The minimum Gasteiger partial charge on any atom is -0.437 e. The van der Waals surface area contributed by atoms with E-state index in [1.165, 1.54) is 48.3 Å². The Morgan fingerprint density at radius 2 is 1.97 bits per heavy atom. The molecule has 1 aromatic heterocycles. The molecular formula is C19H15F3N4O4. The number of nitro groups is 1. The number of aryl methyl sites for hydroxylation is 2. The largest absolute Gasteiger partial charge is 0.437 e. The van der Waals surface area contributed by atoms with Crippen LogP contribution in [0.2, 0.25) is 0 Å². The molecule has 3 rings (SSSR count). The molecule has 0 atom stereocenters. The highest BCUT2D eigenvalue weighted by molar-refractivity contribution is 6.06. The van der Waals surface area contributed by atoms with E-state index in [2.05, 4.69) is 10.4 Å². The Kier molecular flexibility index (Phi) is 5.45. The molecule has 0 saturated carbocycles. The number of benzene rings is 2. The number of anilines is 1. The zero-order valence-corrected chi connectivity index (χ0v) is 15.7. The van der Waals surface area contributed by atoms with Crippen LogP contribution in [0, 0.1) is 17.0 Å². The molecule has 0 saturated heterocycles. The molecule has 2 aromatic carbocycles. The van der Waals surface area contributed by atoms with Crippen LogP contribution in [-0.2, 0) is 13.2 Å². The molecule has 11 heteroatoms. The number of carbonyl (C=O) groups excluding carboxylic acids is 1. The SMILES string of the molecule is Cc1cc([N+](=O)[O-])ccc1NC(=O)c1cn(C)nc1Oc1cccc(C(F)(F)F)c1. The van der Waals surface area contributed by atoms with Gasteiger partial charge in [-0.25, -0.2) is 0 Å². The maximum absolute atomic E-state index is 12.9. The fraction of sp³-hybridized carbons (Fsp3) is 0.158. The second-order valence-corrected chi connectivity index (χ2v) is 6.36. The first-order chi connectivity index (χ1) is 14.0. The molecule has 1 amide bonds. The van der Waals surface area contributed by atoms with E-state index in [0.717, 1.165) is 12.1 Å². The molecule has 1 heterocycles. The van der Waals surface area contributed by atoms with Crippen LogP contribution in [0.1, 0.15) is 21.5 Å². The van der Waals surface area contributed by atoms with Crippen molar-refractivity contribution in [1.29, 1.82) is 0 Å². The molecule has 1 N–H and O–H groups in total. The molecule has 0 aliphatic rings. The van der Waals surface area contributed by atoms with Gasteiger partial charge in [0.15, 0.2) is 0 Å². The van der Waals surface area contributed by atoms with E-state index >= 15 is 0 Å². The molecule has 8 nitrogen and oxygen atoms in total. The van der Waals surface area contributed by atoms with E-state index < -0.39 is 22.6 Å². The Morgan fingerprint density at radius 3 is 2.60 bits per heavy atom. The van der Waals surface area contributed by atoms with Crippen molar-refractivity contribution in [2.75, 3.05) is 5.32 Å². The highest BCUT2D eigenvalue weighted by Gasteiger charge is 2.31. The van der Waals surface area contributed by atoms with Gasteiger partial charge in [0, 0.05) is 31.1 Å². The number of nitro benzene ring substituents is 1. The Morgan fingerprint density at radius 1 is 1.23 bits per heavy atom. The van der Waals surface area contributed by atoms with E-state index in [9.17, 15) is 28.1 Å². The average molecular weight is 420 g/mol. The van der Waals surface area contributed by atoms with Crippen LogP contribution < -0.4 is 10.1 Å². The van der Waals surface area contributed by atoms with Crippen molar-refractivity contribution in [1.82, 2.24) is 9.78 Å².